The number of hydrogen-bond donors (Lipinski definition) is 2. The fourth-order valence-electron chi connectivity index (χ4n) is 3.56. The van der Waals surface area contributed by atoms with Gasteiger partial charge in [-0.05, 0) is 12.8 Å². The number of imidazole rings is 1. The molecule has 5 unspecified atom stereocenters. The van der Waals surface area contributed by atoms with E-state index in [0.29, 0.717) is 30.4 Å². The largest absolute Gasteiger partial charge is 0.455 e. The molecule has 2 aromatic rings. The number of fused-ring (bicyclic) bond motifs is 2. The molecule has 5 atom stereocenters. The first-order chi connectivity index (χ1) is 15.0. The summed E-state index contributed by atoms with van der Waals surface area (Å²) in [6, 6.07) is 0. The van der Waals surface area contributed by atoms with Crippen molar-refractivity contribution in [2.75, 3.05) is 11.9 Å². The van der Waals surface area contributed by atoms with Gasteiger partial charge in [0, 0.05) is 12.8 Å². The Labute approximate surface area is 179 Å². The molecular weight excluding hydrogens is 429 g/mol. The summed E-state index contributed by atoms with van der Waals surface area (Å²) in [6.45, 7) is 3.88. The van der Waals surface area contributed by atoms with Crippen molar-refractivity contribution in [2.24, 2.45) is 0 Å². The van der Waals surface area contributed by atoms with Crippen molar-refractivity contribution in [1.82, 2.24) is 19.5 Å². The van der Waals surface area contributed by atoms with Gasteiger partial charge in [-0.25, -0.2) is 15.0 Å². The third-order valence-corrected chi connectivity index (χ3v) is 5.73. The third-order valence-electron chi connectivity index (χ3n) is 4.94. The Hall–Kier alpha value is -2.24. The van der Waals surface area contributed by atoms with E-state index in [-0.39, 0.29) is 24.8 Å². The summed E-state index contributed by atoms with van der Waals surface area (Å²) in [5.41, 5.74) is 0.778. The van der Waals surface area contributed by atoms with E-state index in [1.807, 2.05) is 13.8 Å². The van der Waals surface area contributed by atoms with Crippen LogP contribution in [0.25, 0.3) is 11.2 Å². The Balaban J connectivity index is 1.66. The average molecular weight is 453 g/mol. The molecule has 2 fully saturated rings. The second-order valence-corrected chi connectivity index (χ2v) is 8.16. The lowest BCUT2D eigenvalue weighted by molar-refractivity contribution is -0.158. The predicted octanol–water partition coefficient (Wildman–Crippen LogP) is 1.81. The van der Waals surface area contributed by atoms with Gasteiger partial charge in [0.1, 0.15) is 18.5 Å². The Morgan fingerprint density at radius 2 is 2.10 bits per heavy atom. The van der Waals surface area contributed by atoms with Gasteiger partial charge in [-0.15, -0.1) is 0 Å². The molecule has 168 valence electrons. The van der Waals surface area contributed by atoms with E-state index in [0.717, 1.165) is 0 Å². The van der Waals surface area contributed by atoms with Gasteiger partial charge < -0.3 is 28.7 Å². The molecule has 12 nitrogen and oxygen atoms in total. The maximum absolute atomic E-state index is 12.3. The maximum atomic E-state index is 12.3. The number of aromatic nitrogens is 4. The number of carbonyl (C=O) groups excluding carboxylic acids is 2. The van der Waals surface area contributed by atoms with Gasteiger partial charge in [0.05, 0.1) is 12.9 Å². The van der Waals surface area contributed by atoms with E-state index in [1.165, 1.54) is 12.7 Å². The molecule has 4 rings (SSSR count). The smallest absolute Gasteiger partial charge is 0.330 e. The molecule has 0 aromatic carbocycles. The second kappa shape index (κ2) is 9.49. The quantitative estimate of drug-likeness (QED) is 0.470. The highest BCUT2D eigenvalue weighted by Crippen LogP contribution is 2.47. The minimum atomic E-state index is -2.08. The van der Waals surface area contributed by atoms with Crippen molar-refractivity contribution < 1.29 is 33.0 Å². The number of amides is 1. The van der Waals surface area contributed by atoms with Gasteiger partial charge in [0.15, 0.2) is 29.3 Å². The van der Waals surface area contributed by atoms with Gasteiger partial charge in [-0.2, -0.15) is 0 Å². The Bertz CT molecular complexity index is 957. The number of carbonyl (C=O) groups is 2. The molecule has 1 amide bonds. The summed E-state index contributed by atoms with van der Waals surface area (Å²) in [4.78, 5) is 46.8. The highest BCUT2D eigenvalue weighted by atomic mass is 31.2. The highest BCUT2D eigenvalue weighted by molar-refractivity contribution is 7.40. The van der Waals surface area contributed by atoms with Crippen LogP contribution in [0, 0.1) is 0 Å². The minimum absolute atomic E-state index is 0.102. The molecule has 0 aliphatic carbocycles. The number of ether oxygens (including phenoxy) is 2. The molecule has 0 saturated carbocycles. The molecule has 4 heterocycles. The van der Waals surface area contributed by atoms with Crippen LogP contribution in [-0.2, 0) is 28.1 Å². The number of nitrogens with one attached hydrogen (secondary N) is 1. The Morgan fingerprint density at radius 1 is 1.29 bits per heavy atom. The van der Waals surface area contributed by atoms with E-state index in [9.17, 15) is 14.5 Å². The predicted molar refractivity (Wildman–Crippen MR) is 108 cm³/mol. The van der Waals surface area contributed by atoms with E-state index >= 15 is 0 Å². The van der Waals surface area contributed by atoms with Crippen LogP contribution in [-0.4, -0.2) is 61.2 Å². The van der Waals surface area contributed by atoms with E-state index < -0.39 is 39.1 Å². The first-order valence-electron chi connectivity index (χ1n) is 10.1. The summed E-state index contributed by atoms with van der Waals surface area (Å²) >= 11 is 0. The molecule has 0 spiro atoms. The van der Waals surface area contributed by atoms with Gasteiger partial charge >= 0.3 is 14.6 Å². The van der Waals surface area contributed by atoms with Gasteiger partial charge in [-0.3, -0.25) is 14.2 Å². The van der Waals surface area contributed by atoms with Crippen molar-refractivity contribution in [3.63, 3.8) is 0 Å². The maximum Gasteiger partial charge on any atom is 0.330 e. The zero-order valence-electron chi connectivity index (χ0n) is 17.1. The summed E-state index contributed by atoms with van der Waals surface area (Å²) in [5, 5.41) is 2.74. The standard InChI is InChI=1S/C18H24N5O7P/c1-3-5-11(24)22-16-13-17(20-8-19-16)23(9-21-13)18-15(29-12(25)6-4-2)14-10(28-18)7-27-31(26)30-14/h8-10,14-15,18,26H,3-7H2,1-2H3,(H,19,20,22,24). The summed E-state index contributed by atoms with van der Waals surface area (Å²) in [6.07, 6.45) is 1.85. The number of anilines is 1. The first kappa shape index (κ1) is 22.0. The molecule has 31 heavy (non-hydrogen) atoms. The molecule has 2 aliphatic heterocycles. The number of nitrogens with zero attached hydrogens (tertiary/aromatic N) is 4. The molecule has 2 aliphatic rings. The lowest BCUT2D eigenvalue weighted by atomic mass is 10.1. The second-order valence-electron chi connectivity index (χ2n) is 7.22. The van der Waals surface area contributed by atoms with Gasteiger partial charge in [-0.1, -0.05) is 13.8 Å². The lowest BCUT2D eigenvalue weighted by Crippen LogP contribution is -2.40. The normalized spacial score (nSPS) is 27.8. The van der Waals surface area contributed by atoms with Crippen LogP contribution in [0.5, 0.6) is 0 Å². The SMILES string of the molecule is CCCC(=O)Nc1ncnc2c1ncn2C1OC2COP(O)OC2C1OC(=O)CCC. The van der Waals surface area contributed by atoms with Crippen molar-refractivity contribution in [3.05, 3.63) is 12.7 Å². The van der Waals surface area contributed by atoms with Crippen LogP contribution in [0.4, 0.5) is 5.82 Å². The monoisotopic (exact) mass is 453 g/mol. The summed E-state index contributed by atoms with van der Waals surface area (Å²) in [7, 11) is -2.08. The Morgan fingerprint density at radius 3 is 2.87 bits per heavy atom. The van der Waals surface area contributed by atoms with Crippen molar-refractivity contribution in [1.29, 1.82) is 0 Å². The van der Waals surface area contributed by atoms with Crippen molar-refractivity contribution in [3.8, 4) is 0 Å². The zero-order valence-corrected chi connectivity index (χ0v) is 18.0. The van der Waals surface area contributed by atoms with Gasteiger partial charge in [0.2, 0.25) is 5.91 Å². The number of esters is 1. The molecular formula is C18H24N5O7P. The Kier molecular flexibility index (Phi) is 6.73. The summed E-state index contributed by atoms with van der Waals surface area (Å²) in [5.74, 6) is -0.283. The minimum Gasteiger partial charge on any atom is -0.455 e. The number of rotatable bonds is 7. The molecule has 13 heteroatoms. The molecule has 2 saturated heterocycles. The first-order valence-corrected chi connectivity index (χ1v) is 11.3. The van der Waals surface area contributed by atoms with Crippen LogP contribution in [0.1, 0.15) is 45.8 Å². The van der Waals surface area contributed by atoms with Crippen LogP contribution >= 0.6 is 8.60 Å². The summed E-state index contributed by atoms with van der Waals surface area (Å²) < 4.78 is 24.0. The molecule has 0 bridgehead atoms. The lowest BCUT2D eigenvalue weighted by Gasteiger charge is -2.29. The zero-order chi connectivity index (χ0) is 22.0. The van der Waals surface area contributed by atoms with E-state index in [2.05, 4.69) is 20.3 Å². The van der Waals surface area contributed by atoms with Crippen LogP contribution < -0.4 is 5.32 Å². The molecule has 2 N–H and O–H groups in total. The number of hydrogen-bond acceptors (Lipinski definition) is 10. The fourth-order valence-corrected chi connectivity index (χ4v) is 4.36. The molecule has 2 aromatic heterocycles. The van der Waals surface area contributed by atoms with Crippen molar-refractivity contribution >= 4 is 37.5 Å². The van der Waals surface area contributed by atoms with Crippen LogP contribution in [0.15, 0.2) is 12.7 Å². The molecule has 0 radical (unpaired) electrons. The van der Waals surface area contributed by atoms with Crippen LogP contribution in [0.2, 0.25) is 0 Å². The van der Waals surface area contributed by atoms with Crippen molar-refractivity contribution in [2.45, 2.75) is 64.1 Å². The topological polar surface area (TPSA) is 147 Å². The third kappa shape index (κ3) is 4.53. The fraction of sp³-hybridized carbons (Fsp3) is 0.611. The average Bonchev–Trinajstić information content (AvgIpc) is 3.30. The van der Waals surface area contributed by atoms with Gasteiger partial charge in [0.25, 0.3) is 0 Å². The van der Waals surface area contributed by atoms with E-state index in [4.69, 9.17) is 18.5 Å². The highest BCUT2D eigenvalue weighted by Gasteiger charge is 2.53. The van der Waals surface area contributed by atoms with E-state index in [1.54, 1.807) is 4.57 Å². The van der Waals surface area contributed by atoms with Crippen LogP contribution in [0.3, 0.4) is 0 Å².